The molecule has 112 valence electrons. The topological polar surface area (TPSA) is 18.5 Å². The first-order valence-electron chi connectivity index (χ1n) is 6.75. The molecule has 0 radical (unpaired) electrons. The van der Waals surface area contributed by atoms with Crippen molar-refractivity contribution in [2.24, 2.45) is 0 Å². The van der Waals surface area contributed by atoms with Crippen LogP contribution in [0.1, 0.15) is 5.56 Å². The van der Waals surface area contributed by atoms with Crippen molar-refractivity contribution in [1.82, 2.24) is 10.2 Å². The van der Waals surface area contributed by atoms with Crippen LogP contribution >= 0.6 is 0 Å². The van der Waals surface area contributed by atoms with E-state index in [2.05, 4.69) is 10.2 Å². The Morgan fingerprint density at radius 2 is 1.65 bits per heavy atom. The second-order valence-corrected chi connectivity index (χ2v) is 5.08. The molecule has 0 bridgehead atoms. The van der Waals surface area contributed by atoms with E-state index in [4.69, 9.17) is 0 Å². The number of hydrogen-bond donors (Lipinski definition) is 1. The van der Waals surface area contributed by atoms with Gasteiger partial charge in [0.15, 0.2) is 0 Å². The average Bonchev–Trinajstić information content (AvgIpc) is 2.39. The lowest BCUT2D eigenvalue weighted by Gasteiger charge is -2.36. The van der Waals surface area contributed by atoms with Crippen LogP contribution in [0.25, 0.3) is 0 Å². The van der Waals surface area contributed by atoms with E-state index in [0.29, 0.717) is 26.2 Å². The fraction of sp³-hybridized carbons (Fsp3) is 0.571. The highest BCUT2D eigenvalue weighted by atomic mass is 19.4. The first-order valence-corrected chi connectivity index (χ1v) is 6.75. The predicted octanol–water partition coefficient (Wildman–Crippen LogP) is 2.09. The van der Waals surface area contributed by atoms with E-state index in [1.165, 1.54) is 10.5 Å². The molecule has 0 spiro atoms. The lowest BCUT2D eigenvalue weighted by Crippen LogP contribution is -2.49. The van der Waals surface area contributed by atoms with Crippen LogP contribution in [-0.2, 0) is 6.54 Å². The molecular weight excluding hydrogens is 267 g/mol. The molecule has 1 aliphatic heterocycles. The van der Waals surface area contributed by atoms with Crippen LogP contribution in [0.3, 0.4) is 0 Å². The summed E-state index contributed by atoms with van der Waals surface area (Å²) in [5, 5.41) is 3.08. The zero-order valence-electron chi connectivity index (χ0n) is 11.6. The third kappa shape index (κ3) is 4.38. The van der Waals surface area contributed by atoms with Crippen molar-refractivity contribution in [3.05, 3.63) is 29.8 Å². The number of nitrogens with one attached hydrogen (secondary N) is 1. The maximum Gasteiger partial charge on any atom is 0.401 e. The van der Waals surface area contributed by atoms with Gasteiger partial charge in [0.25, 0.3) is 0 Å². The van der Waals surface area contributed by atoms with E-state index in [1.807, 2.05) is 31.3 Å². The molecule has 6 heteroatoms. The number of hydrogen-bond acceptors (Lipinski definition) is 3. The standard InChI is InChI=1S/C14H20F3N3/c1-18-10-12-2-4-13(5-3-12)20-8-6-19(7-9-20)11-14(15,16)17/h2-5,18H,6-11H2,1H3. The number of nitrogens with zero attached hydrogens (tertiary/aromatic N) is 2. The summed E-state index contributed by atoms with van der Waals surface area (Å²) in [7, 11) is 1.90. The summed E-state index contributed by atoms with van der Waals surface area (Å²) in [6.07, 6.45) is -4.10. The highest BCUT2D eigenvalue weighted by molar-refractivity contribution is 5.48. The highest BCUT2D eigenvalue weighted by Crippen LogP contribution is 2.20. The van der Waals surface area contributed by atoms with Crippen LogP contribution in [0.5, 0.6) is 0 Å². The smallest absolute Gasteiger partial charge is 0.369 e. The Labute approximate surface area is 117 Å². The van der Waals surface area contributed by atoms with Gasteiger partial charge in [0.2, 0.25) is 0 Å². The minimum absolute atomic E-state index is 0.456. The summed E-state index contributed by atoms with van der Waals surface area (Å²) < 4.78 is 36.9. The lowest BCUT2D eigenvalue weighted by molar-refractivity contribution is -0.146. The predicted molar refractivity (Wildman–Crippen MR) is 73.9 cm³/mol. The van der Waals surface area contributed by atoms with Gasteiger partial charge >= 0.3 is 6.18 Å². The normalized spacial score (nSPS) is 17.5. The van der Waals surface area contributed by atoms with E-state index in [1.54, 1.807) is 0 Å². The summed E-state index contributed by atoms with van der Waals surface area (Å²) in [4.78, 5) is 3.60. The van der Waals surface area contributed by atoms with Gasteiger partial charge in [0, 0.05) is 38.4 Å². The van der Waals surface area contributed by atoms with Crippen molar-refractivity contribution in [2.75, 3.05) is 44.7 Å². The van der Waals surface area contributed by atoms with Crippen molar-refractivity contribution in [1.29, 1.82) is 0 Å². The van der Waals surface area contributed by atoms with Gasteiger partial charge < -0.3 is 10.2 Å². The maximum atomic E-state index is 12.3. The van der Waals surface area contributed by atoms with Gasteiger partial charge in [0.1, 0.15) is 0 Å². The molecule has 0 aliphatic carbocycles. The van der Waals surface area contributed by atoms with Gasteiger partial charge in [-0.15, -0.1) is 0 Å². The molecule has 0 amide bonds. The van der Waals surface area contributed by atoms with Crippen molar-refractivity contribution in [3.8, 4) is 0 Å². The minimum Gasteiger partial charge on any atom is -0.369 e. The van der Waals surface area contributed by atoms with Crippen molar-refractivity contribution >= 4 is 5.69 Å². The number of anilines is 1. The van der Waals surface area contributed by atoms with E-state index in [9.17, 15) is 13.2 Å². The Morgan fingerprint density at radius 3 is 2.15 bits per heavy atom. The molecule has 3 nitrogen and oxygen atoms in total. The van der Waals surface area contributed by atoms with Crippen LogP contribution in [0.15, 0.2) is 24.3 Å². The molecule has 1 fully saturated rings. The molecule has 0 atom stereocenters. The fourth-order valence-electron chi connectivity index (χ4n) is 2.45. The quantitative estimate of drug-likeness (QED) is 0.915. The molecule has 0 unspecified atom stereocenters. The molecule has 1 heterocycles. The number of piperazine rings is 1. The SMILES string of the molecule is CNCc1ccc(N2CCN(CC(F)(F)F)CC2)cc1. The van der Waals surface area contributed by atoms with Gasteiger partial charge in [-0.1, -0.05) is 12.1 Å². The molecule has 0 saturated carbocycles. The Morgan fingerprint density at radius 1 is 1.05 bits per heavy atom. The summed E-state index contributed by atoms with van der Waals surface area (Å²) in [6, 6.07) is 8.17. The minimum atomic E-state index is -4.10. The molecule has 1 aromatic carbocycles. The van der Waals surface area contributed by atoms with Gasteiger partial charge in [-0.2, -0.15) is 13.2 Å². The molecule has 20 heavy (non-hydrogen) atoms. The van der Waals surface area contributed by atoms with Gasteiger partial charge in [-0.05, 0) is 24.7 Å². The highest BCUT2D eigenvalue weighted by Gasteiger charge is 2.32. The van der Waals surface area contributed by atoms with E-state index in [-0.39, 0.29) is 0 Å². The van der Waals surface area contributed by atoms with Crippen LogP contribution in [0, 0.1) is 0 Å². The number of alkyl halides is 3. The van der Waals surface area contributed by atoms with Gasteiger partial charge in [-0.25, -0.2) is 0 Å². The second kappa shape index (κ2) is 6.45. The van der Waals surface area contributed by atoms with Gasteiger partial charge in [-0.3, -0.25) is 4.90 Å². The Bertz CT molecular complexity index is 409. The molecule has 1 saturated heterocycles. The second-order valence-electron chi connectivity index (χ2n) is 5.08. The lowest BCUT2D eigenvalue weighted by atomic mass is 10.2. The van der Waals surface area contributed by atoms with Crippen molar-refractivity contribution in [2.45, 2.75) is 12.7 Å². The fourth-order valence-corrected chi connectivity index (χ4v) is 2.45. The maximum absolute atomic E-state index is 12.3. The monoisotopic (exact) mass is 287 g/mol. The van der Waals surface area contributed by atoms with Gasteiger partial charge in [0.05, 0.1) is 6.54 Å². The van der Waals surface area contributed by atoms with E-state index < -0.39 is 12.7 Å². The number of rotatable bonds is 4. The number of benzene rings is 1. The Kier molecular flexibility index (Phi) is 4.88. The Hall–Kier alpha value is -1.27. The van der Waals surface area contributed by atoms with Crippen LogP contribution in [0.4, 0.5) is 18.9 Å². The first kappa shape index (κ1) is 15.1. The van der Waals surface area contributed by atoms with Crippen LogP contribution in [0.2, 0.25) is 0 Å². The third-order valence-electron chi connectivity index (χ3n) is 3.46. The van der Waals surface area contributed by atoms with Crippen LogP contribution in [-0.4, -0.2) is 50.8 Å². The zero-order valence-corrected chi connectivity index (χ0v) is 11.6. The Balaban J connectivity index is 1.87. The summed E-state index contributed by atoms with van der Waals surface area (Å²) in [5.74, 6) is 0. The summed E-state index contributed by atoms with van der Waals surface area (Å²) >= 11 is 0. The molecule has 0 aromatic heterocycles. The third-order valence-corrected chi connectivity index (χ3v) is 3.46. The van der Waals surface area contributed by atoms with E-state index >= 15 is 0 Å². The van der Waals surface area contributed by atoms with Crippen molar-refractivity contribution < 1.29 is 13.2 Å². The largest absolute Gasteiger partial charge is 0.401 e. The van der Waals surface area contributed by atoms with Crippen LogP contribution < -0.4 is 10.2 Å². The zero-order chi connectivity index (χ0) is 14.6. The molecule has 1 N–H and O–H groups in total. The summed E-state index contributed by atoms with van der Waals surface area (Å²) in [6.45, 7) is 2.21. The molecule has 2 rings (SSSR count). The molecular formula is C14H20F3N3. The first-order chi connectivity index (χ1) is 9.48. The van der Waals surface area contributed by atoms with E-state index in [0.717, 1.165) is 12.2 Å². The molecule has 1 aromatic rings. The number of halogens is 3. The average molecular weight is 287 g/mol. The summed E-state index contributed by atoms with van der Waals surface area (Å²) in [5.41, 5.74) is 2.28. The van der Waals surface area contributed by atoms with Crippen molar-refractivity contribution in [3.63, 3.8) is 0 Å². The molecule has 1 aliphatic rings.